The maximum absolute atomic E-state index is 12.7. The molecular weight excluding hydrogens is 382 g/mol. The van der Waals surface area contributed by atoms with Gasteiger partial charge < -0.3 is 9.08 Å². The third-order valence-corrected chi connectivity index (χ3v) is 5.08. The Balaban J connectivity index is 2.01. The van der Waals surface area contributed by atoms with Crippen LogP contribution in [0.4, 0.5) is 0 Å². The molecule has 0 spiro atoms. The minimum atomic E-state index is -3.54. The highest BCUT2D eigenvalue weighted by Crippen LogP contribution is 2.20. The van der Waals surface area contributed by atoms with Crippen molar-refractivity contribution in [1.82, 2.24) is 4.90 Å². The molecule has 1 amide bonds. The van der Waals surface area contributed by atoms with E-state index in [0.29, 0.717) is 24.8 Å². The van der Waals surface area contributed by atoms with Crippen molar-refractivity contribution in [3.05, 3.63) is 60.2 Å². The van der Waals surface area contributed by atoms with E-state index in [9.17, 15) is 13.2 Å². The Labute approximate surface area is 165 Å². The van der Waals surface area contributed by atoms with Gasteiger partial charge in [-0.3, -0.25) is 4.79 Å². The fourth-order valence-electron chi connectivity index (χ4n) is 2.49. The Morgan fingerprint density at radius 3 is 2.26 bits per heavy atom. The number of hydrogen-bond acceptors (Lipinski definition) is 5. The van der Waals surface area contributed by atoms with E-state index in [1.807, 2.05) is 35.2 Å². The number of hydrogen-bond donors (Lipinski definition) is 0. The van der Waals surface area contributed by atoms with Crippen molar-refractivity contribution < 1.29 is 17.4 Å². The molecule has 2 rings (SSSR count). The lowest BCUT2D eigenvalue weighted by Crippen LogP contribution is -2.35. The molecule has 0 N–H and O–H groups in total. The van der Waals surface area contributed by atoms with E-state index in [1.54, 1.807) is 24.3 Å². The number of rotatable bonds is 9. The Hall–Kier alpha value is -1.99. The fourth-order valence-corrected chi connectivity index (χ4v) is 3.78. The quantitative estimate of drug-likeness (QED) is 0.467. The molecule has 0 saturated carbocycles. The highest BCUT2D eigenvalue weighted by atomic mass is 32.2. The van der Waals surface area contributed by atoms with E-state index in [1.165, 1.54) is 11.8 Å². The van der Waals surface area contributed by atoms with Crippen molar-refractivity contribution in [1.29, 1.82) is 0 Å². The van der Waals surface area contributed by atoms with Gasteiger partial charge in [-0.25, -0.2) is 0 Å². The van der Waals surface area contributed by atoms with Gasteiger partial charge >= 0.3 is 10.1 Å². The summed E-state index contributed by atoms with van der Waals surface area (Å²) in [6.45, 7) is 5.29. The van der Waals surface area contributed by atoms with Crippen LogP contribution in [0.5, 0.6) is 5.75 Å². The van der Waals surface area contributed by atoms with Gasteiger partial charge in [0, 0.05) is 18.0 Å². The van der Waals surface area contributed by atoms with Gasteiger partial charge in [0.25, 0.3) is 0 Å². The first-order valence-electron chi connectivity index (χ1n) is 8.67. The molecule has 0 aromatic heterocycles. The maximum atomic E-state index is 12.7. The van der Waals surface area contributed by atoms with Gasteiger partial charge in [0.15, 0.2) is 0 Å². The standard InChI is InChI=1S/C20H25NO4S2/c1-16(2)13-21(20(22)15-26-19-7-5-4-6-8-19)14-17-9-11-18(12-10-17)25-27(3,23)24/h4-12,16H,13-15H2,1-3H3. The summed E-state index contributed by atoms with van der Waals surface area (Å²) in [5.41, 5.74) is 0.926. The second kappa shape index (κ2) is 9.80. The van der Waals surface area contributed by atoms with Crippen LogP contribution in [0.3, 0.4) is 0 Å². The first-order chi connectivity index (χ1) is 12.7. The van der Waals surface area contributed by atoms with Crippen LogP contribution in [-0.2, 0) is 21.5 Å². The molecule has 0 heterocycles. The van der Waals surface area contributed by atoms with Gasteiger partial charge in [-0.2, -0.15) is 8.42 Å². The lowest BCUT2D eigenvalue weighted by Gasteiger charge is -2.25. The number of amides is 1. The van der Waals surface area contributed by atoms with Crippen LogP contribution in [0.1, 0.15) is 19.4 Å². The largest absolute Gasteiger partial charge is 0.383 e. The normalized spacial score (nSPS) is 11.4. The second-order valence-corrected chi connectivity index (χ2v) is 9.32. The molecule has 0 saturated heterocycles. The van der Waals surface area contributed by atoms with Gasteiger partial charge in [-0.1, -0.05) is 44.2 Å². The van der Waals surface area contributed by atoms with Crippen LogP contribution < -0.4 is 4.18 Å². The topological polar surface area (TPSA) is 63.7 Å². The van der Waals surface area contributed by atoms with E-state index in [0.717, 1.165) is 16.7 Å². The van der Waals surface area contributed by atoms with Gasteiger partial charge in [0.05, 0.1) is 12.0 Å². The summed E-state index contributed by atoms with van der Waals surface area (Å²) >= 11 is 1.53. The Kier molecular flexibility index (Phi) is 7.74. The summed E-state index contributed by atoms with van der Waals surface area (Å²) in [6.07, 6.45) is 1.01. The fraction of sp³-hybridized carbons (Fsp3) is 0.350. The molecule has 7 heteroatoms. The molecule has 0 atom stereocenters. The zero-order valence-corrected chi connectivity index (χ0v) is 17.4. The molecule has 0 aliphatic heterocycles. The van der Waals surface area contributed by atoms with Crippen molar-refractivity contribution in [2.45, 2.75) is 25.3 Å². The first-order valence-corrected chi connectivity index (χ1v) is 11.5. The van der Waals surface area contributed by atoms with E-state index < -0.39 is 10.1 Å². The molecule has 2 aromatic rings. The minimum Gasteiger partial charge on any atom is -0.383 e. The molecule has 0 aliphatic carbocycles. The lowest BCUT2D eigenvalue weighted by molar-refractivity contribution is -0.129. The molecule has 0 radical (unpaired) electrons. The molecule has 0 fully saturated rings. The summed E-state index contributed by atoms with van der Waals surface area (Å²) in [7, 11) is -3.54. The zero-order valence-electron chi connectivity index (χ0n) is 15.8. The van der Waals surface area contributed by atoms with Crippen LogP contribution in [-0.4, -0.2) is 37.8 Å². The van der Waals surface area contributed by atoms with Crippen LogP contribution in [0.15, 0.2) is 59.5 Å². The molecule has 27 heavy (non-hydrogen) atoms. The third-order valence-electron chi connectivity index (χ3n) is 3.59. The molecular formula is C20H25NO4S2. The van der Waals surface area contributed by atoms with Gasteiger partial charge in [-0.05, 0) is 35.7 Å². The predicted octanol–water partition coefficient (Wildman–Crippen LogP) is 3.80. The molecule has 0 bridgehead atoms. The lowest BCUT2D eigenvalue weighted by atomic mass is 10.1. The first kappa shape index (κ1) is 21.3. The average Bonchev–Trinajstić information content (AvgIpc) is 2.60. The van der Waals surface area contributed by atoms with Crippen molar-refractivity contribution in [2.24, 2.45) is 5.92 Å². The highest BCUT2D eigenvalue weighted by molar-refractivity contribution is 8.00. The van der Waals surface area contributed by atoms with E-state index >= 15 is 0 Å². The van der Waals surface area contributed by atoms with E-state index in [-0.39, 0.29) is 11.7 Å². The number of nitrogens with zero attached hydrogens (tertiary/aromatic N) is 1. The monoisotopic (exact) mass is 407 g/mol. The molecule has 0 unspecified atom stereocenters. The number of carbonyl (C=O) groups excluding carboxylic acids is 1. The highest BCUT2D eigenvalue weighted by Gasteiger charge is 2.16. The van der Waals surface area contributed by atoms with Gasteiger partial charge in [-0.15, -0.1) is 11.8 Å². The number of carbonyl (C=O) groups is 1. The SMILES string of the molecule is CC(C)CN(Cc1ccc(OS(C)(=O)=O)cc1)C(=O)CSc1ccccc1. The molecule has 0 aliphatic rings. The smallest absolute Gasteiger partial charge is 0.306 e. The van der Waals surface area contributed by atoms with Crippen molar-refractivity contribution in [2.75, 3.05) is 18.6 Å². The minimum absolute atomic E-state index is 0.0778. The van der Waals surface area contributed by atoms with Crippen molar-refractivity contribution >= 4 is 27.8 Å². The van der Waals surface area contributed by atoms with Crippen LogP contribution >= 0.6 is 11.8 Å². The molecule has 2 aromatic carbocycles. The van der Waals surface area contributed by atoms with Crippen molar-refractivity contribution in [3.8, 4) is 5.75 Å². The summed E-state index contributed by atoms with van der Waals surface area (Å²) in [5.74, 6) is 1.08. The summed E-state index contributed by atoms with van der Waals surface area (Å²) in [5, 5.41) is 0. The number of benzene rings is 2. The summed E-state index contributed by atoms with van der Waals surface area (Å²) < 4.78 is 27.2. The second-order valence-electron chi connectivity index (χ2n) is 6.70. The Morgan fingerprint density at radius 1 is 1.07 bits per heavy atom. The average molecular weight is 408 g/mol. The van der Waals surface area contributed by atoms with Gasteiger partial charge in [0.2, 0.25) is 5.91 Å². The number of thioether (sulfide) groups is 1. The van der Waals surface area contributed by atoms with Crippen LogP contribution in [0.2, 0.25) is 0 Å². The zero-order chi connectivity index (χ0) is 19.9. The van der Waals surface area contributed by atoms with E-state index in [4.69, 9.17) is 4.18 Å². The molecule has 146 valence electrons. The Morgan fingerprint density at radius 2 is 1.70 bits per heavy atom. The van der Waals surface area contributed by atoms with E-state index in [2.05, 4.69) is 13.8 Å². The van der Waals surface area contributed by atoms with Gasteiger partial charge in [0.1, 0.15) is 5.75 Å². The molecule has 5 nitrogen and oxygen atoms in total. The maximum Gasteiger partial charge on any atom is 0.306 e. The van der Waals surface area contributed by atoms with Crippen LogP contribution in [0.25, 0.3) is 0 Å². The Bertz CT molecular complexity index is 834. The third kappa shape index (κ3) is 8.05. The predicted molar refractivity (Wildman–Crippen MR) is 109 cm³/mol. The van der Waals surface area contributed by atoms with Crippen molar-refractivity contribution in [3.63, 3.8) is 0 Å². The van der Waals surface area contributed by atoms with Crippen LogP contribution in [0, 0.1) is 5.92 Å². The summed E-state index contributed by atoms with van der Waals surface area (Å²) in [6, 6.07) is 16.6. The summed E-state index contributed by atoms with van der Waals surface area (Å²) in [4.78, 5) is 15.6.